The summed E-state index contributed by atoms with van der Waals surface area (Å²) >= 11 is 6.17. The van der Waals surface area contributed by atoms with Gasteiger partial charge in [0.25, 0.3) is 5.91 Å². The number of nitrogens with zero attached hydrogens (tertiary/aromatic N) is 3. The van der Waals surface area contributed by atoms with Gasteiger partial charge < -0.3 is 10.4 Å². The Morgan fingerprint density at radius 3 is 2.91 bits per heavy atom. The Balaban J connectivity index is 1.78. The smallest absolute Gasteiger partial charge is 0.274 e. The molecule has 0 aliphatic heterocycles. The molecule has 1 heterocycles. The molecule has 23 heavy (non-hydrogen) atoms. The van der Waals surface area contributed by atoms with Crippen LogP contribution in [0, 0.1) is 12.8 Å². The number of amides is 1. The van der Waals surface area contributed by atoms with Crippen molar-refractivity contribution in [2.24, 2.45) is 5.92 Å². The molecule has 0 radical (unpaired) electrons. The molecule has 1 aromatic heterocycles. The fourth-order valence-electron chi connectivity index (χ4n) is 2.65. The van der Waals surface area contributed by atoms with Crippen LogP contribution in [0.5, 0.6) is 0 Å². The van der Waals surface area contributed by atoms with E-state index in [0.717, 1.165) is 0 Å². The summed E-state index contributed by atoms with van der Waals surface area (Å²) in [6.45, 7) is 1.86. The van der Waals surface area contributed by atoms with Crippen molar-refractivity contribution in [1.82, 2.24) is 20.3 Å². The Hall–Kier alpha value is -2.18. The van der Waals surface area contributed by atoms with E-state index in [1.165, 1.54) is 0 Å². The lowest BCUT2D eigenvalue weighted by molar-refractivity contribution is 0.0935. The number of aromatic nitrogens is 3. The van der Waals surface area contributed by atoms with E-state index in [2.05, 4.69) is 15.6 Å². The maximum atomic E-state index is 12.4. The Bertz CT molecular complexity index is 756. The highest BCUT2D eigenvalue weighted by Crippen LogP contribution is 2.22. The van der Waals surface area contributed by atoms with Gasteiger partial charge in [0.05, 0.1) is 16.4 Å². The molecular formula is C16H17ClN4O2. The molecule has 2 aromatic rings. The van der Waals surface area contributed by atoms with Gasteiger partial charge in [-0.25, -0.2) is 4.68 Å². The number of hydrogen-bond donors (Lipinski definition) is 2. The average Bonchev–Trinajstić information content (AvgIpc) is 3.14. The molecule has 3 rings (SSSR count). The first-order valence-corrected chi connectivity index (χ1v) is 7.75. The summed E-state index contributed by atoms with van der Waals surface area (Å²) in [5.41, 5.74) is 1.57. The third-order valence-electron chi connectivity index (χ3n) is 3.91. The van der Waals surface area contributed by atoms with Crippen LogP contribution >= 0.6 is 11.6 Å². The largest absolute Gasteiger partial charge is 0.396 e. The Morgan fingerprint density at radius 1 is 1.43 bits per heavy atom. The van der Waals surface area contributed by atoms with Crippen LogP contribution in [0.3, 0.4) is 0 Å². The van der Waals surface area contributed by atoms with Gasteiger partial charge in [-0.3, -0.25) is 4.79 Å². The van der Waals surface area contributed by atoms with E-state index < -0.39 is 0 Å². The molecule has 0 bridgehead atoms. The highest BCUT2D eigenvalue weighted by molar-refractivity contribution is 6.32. The van der Waals surface area contributed by atoms with Crippen molar-refractivity contribution < 1.29 is 9.90 Å². The molecule has 120 valence electrons. The lowest BCUT2D eigenvalue weighted by Crippen LogP contribution is -2.33. The molecular weight excluding hydrogens is 316 g/mol. The topological polar surface area (TPSA) is 80.0 Å². The first kappa shape index (κ1) is 15.7. The van der Waals surface area contributed by atoms with Crippen LogP contribution in [0.4, 0.5) is 0 Å². The number of aliphatic hydroxyl groups excluding tert-OH is 1. The standard InChI is InChI=1S/C16H17ClN4O2/c1-10-15(16(23)18-12-7-6-11(8-12)9-22)19-20-21(10)14-5-3-2-4-13(14)17/h2-7,11-12,22H,8-9H2,1H3,(H,18,23)/t11-,12+/m0/s1. The van der Waals surface area contributed by atoms with Gasteiger partial charge in [0, 0.05) is 18.6 Å². The van der Waals surface area contributed by atoms with Gasteiger partial charge in [0.1, 0.15) is 0 Å². The van der Waals surface area contributed by atoms with E-state index in [1.54, 1.807) is 17.7 Å². The lowest BCUT2D eigenvalue weighted by Gasteiger charge is -2.12. The first-order valence-electron chi connectivity index (χ1n) is 7.37. The van der Waals surface area contributed by atoms with E-state index in [4.69, 9.17) is 16.7 Å². The number of carbonyl (C=O) groups is 1. The summed E-state index contributed by atoms with van der Waals surface area (Å²) in [7, 11) is 0. The van der Waals surface area contributed by atoms with Crippen LogP contribution < -0.4 is 5.32 Å². The average molecular weight is 333 g/mol. The van der Waals surface area contributed by atoms with Gasteiger partial charge in [0.2, 0.25) is 0 Å². The number of halogens is 1. The Kier molecular flexibility index (Phi) is 4.45. The van der Waals surface area contributed by atoms with Crippen molar-refractivity contribution in [3.05, 3.63) is 52.8 Å². The zero-order chi connectivity index (χ0) is 16.4. The predicted molar refractivity (Wildman–Crippen MR) is 86.7 cm³/mol. The van der Waals surface area contributed by atoms with Gasteiger partial charge in [0.15, 0.2) is 5.69 Å². The molecule has 1 aromatic carbocycles. The maximum Gasteiger partial charge on any atom is 0.274 e. The summed E-state index contributed by atoms with van der Waals surface area (Å²) in [5.74, 6) is -0.186. The molecule has 0 saturated carbocycles. The predicted octanol–water partition coefficient (Wildman–Crippen LogP) is 1.90. The third-order valence-corrected chi connectivity index (χ3v) is 4.23. The number of para-hydroxylation sites is 1. The van der Waals surface area contributed by atoms with Crippen molar-refractivity contribution >= 4 is 17.5 Å². The van der Waals surface area contributed by atoms with E-state index in [1.807, 2.05) is 30.4 Å². The maximum absolute atomic E-state index is 12.4. The van der Waals surface area contributed by atoms with Crippen LogP contribution in [-0.4, -0.2) is 38.7 Å². The quantitative estimate of drug-likeness (QED) is 0.838. The molecule has 0 fully saturated rings. The first-order chi connectivity index (χ1) is 11.1. The van der Waals surface area contributed by atoms with Gasteiger partial charge in [-0.15, -0.1) is 5.10 Å². The molecule has 6 nitrogen and oxygen atoms in total. The Labute approximate surface area is 138 Å². The minimum atomic E-state index is -0.283. The van der Waals surface area contributed by atoms with Crippen LogP contribution in [-0.2, 0) is 0 Å². The summed E-state index contributed by atoms with van der Waals surface area (Å²) in [4.78, 5) is 12.4. The van der Waals surface area contributed by atoms with Crippen LogP contribution in [0.1, 0.15) is 22.6 Å². The molecule has 2 N–H and O–H groups in total. The number of hydrogen-bond acceptors (Lipinski definition) is 4. The molecule has 1 aliphatic carbocycles. The molecule has 1 amide bonds. The SMILES string of the molecule is Cc1c(C(=O)N[C@@H]2C=C[C@H](CO)C2)nnn1-c1ccccc1Cl. The van der Waals surface area contributed by atoms with Crippen LogP contribution in [0.15, 0.2) is 36.4 Å². The summed E-state index contributed by atoms with van der Waals surface area (Å²) in [6.07, 6.45) is 4.50. The lowest BCUT2D eigenvalue weighted by atomic mass is 10.1. The van der Waals surface area contributed by atoms with Gasteiger partial charge in [-0.1, -0.05) is 41.1 Å². The van der Waals surface area contributed by atoms with Gasteiger partial charge in [-0.2, -0.15) is 0 Å². The van der Waals surface area contributed by atoms with E-state index >= 15 is 0 Å². The number of carbonyl (C=O) groups excluding carboxylic acids is 1. The zero-order valence-electron chi connectivity index (χ0n) is 12.6. The van der Waals surface area contributed by atoms with Crippen molar-refractivity contribution in [3.63, 3.8) is 0 Å². The summed E-state index contributed by atoms with van der Waals surface area (Å²) < 4.78 is 1.55. The second-order valence-electron chi connectivity index (χ2n) is 5.53. The number of aliphatic hydroxyl groups is 1. The van der Waals surface area contributed by atoms with Crippen molar-refractivity contribution in [1.29, 1.82) is 0 Å². The normalized spacial score (nSPS) is 20.0. The number of nitrogens with one attached hydrogen (secondary N) is 1. The molecule has 1 aliphatic rings. The van der Waals surface area contributed by atoms with Crippen LogP contribution in [0.2, 0.25) is 5.02 Å². The fourth-order valence-corrected chi connectivity index (χ4v) is 2.86. The molecule has 7 heteroatoms. The van der Waals surface area contributed by atoms with E-state index in [-0.39, 0.29) is 30.2 Å². The molecule has 0 spiro atoms. The molecule has 0 saturated heterocycles. The number of benzene rings is 1. The highest BCUT2D eigenvalue weighted by Gasteiger charge is 2.23. The highest BCUT2D eigenvalue weighted by atomic mass is 35.5. The zero-order valence-corrected chi connectivity index (χ0v) is 13.4. The van der Waals surface area contributed by atoms with Crippen molar-refractivity contribution in [3.8, 4) is 5.69 Å². The van der Waals surface area contributed by atoms with E-state index in [9.17, 15) is 4.79 Å². The summed E-state index contributed by atoms with van der Waals surface area (Å²) in [5, 5.41) is 20.6. The molecule has 2 atom stereocenters. The summed E-state index contributed by atoms with van der Waals surface area (Å²) in [6, 6.07) is 7.16. The van der Waals surface area contributed by atoms with E-state index in [0.29, 0.717) is 22.8 Å². The number of rotatable bonds is 4. The minimum Gasteiger partial charge on any atom is -0.396 e. The van der Waals surface area contributed by atoms with Crippen molar-refractivity contribution in [2.75, 3.05) is 6.61 Å². The third kappa shape index (κ3) is 3.13. The van der Waals surface area contributed by atoms with Crippen molar-refractivity contribution in [2.45, 2.75) is 19.4 Å². The van der Waals surface area contributed by atoms with Gasteiger partial charge in [-0.05, 0) is 25.5 Å². The molecule has 0 unspecified atom stereocenters. The second-order valence-corrected chi connectivity index (χ2v) is 5.94. The van der Waals surface area contributed by atoms with Crippen LogP contribution in [0.25, 0.3) is 5.69 Å². The van der Waals surface area contributed by atoms with Gasteiger partial charge >= 0.3 is 0 Å². The Morgan fingerprint density at radius 2 is 2.22 bits per heavy atom. The second kappa shape index (κ2) is 6.52. The minimum absolute atomic E-state index is 0.0879. The monoisotopic (exact) mass is 332 g/mol. The fraction of sp³-hybridized carbons (Fsp3) is 0.312.